The van der Waals surface area contributed by atoms with Crippen molar-refractivity contribution < 1.29 is 17.9 Å². The van der Waals surface area contributed by atoms with Crippen LogP contribution in [-0.2, 0) is 14.8 Å². The zero-order chi connectivity index (χ0) is 18.7. The first-order valence-electron chi connectivity index (χ1n) is 8.33. The van der Waals surface area contributed by atoms with Gasteiger partial charge in [0.25, 0.3) is 5.91 Å². The van der Waals surface area contributed by atoms with Crippen LogP contribution in [-0.4, -0.2) is 48.9 Å². The first kappa shape index (κ1) is 18.5. The van der Waals surface area contributed by atoms with E-state index < -0.39 is 10.0 Å². The van der Waals surface area contributed by atoms with Crippen LogP contribution in [0.4, 0.5) is 5.69 Å². The van der Waals surface area contributed by atoms with Crippen LogP contribution >= 0.6 is 0 Å². The number of nitrogens with zero attached hydrogens (tertiary/aromatic N) is 2. The summed E-state index contributed by atoms with van der Waals surface area (Å²) >= 11 is 0. The molecule has 3 rings (SSSR count). The Morgan fingerprint density at radius 3 is 2.23 bits per heavy atom. The van der Waals surface area contributed by atoms with Gasteiger partial charge in [0.15, 0.2) is 0 Å². The van der Waals surface area contributed by atoms with Crippen molar-refractivity contribution in [2.24, 2.45) is 0 Å². The van der Waals surface area contributed by atoms with Gasteiger partial charge in [-0.15, -0.1) is 0 Å². The van der Waals surface area contributed by atoms with Crippen LogP contribution in [0.25, 0.3) is 0 Å². The molecule has 0 spiro atoms. The van der Waals surface area contributed by atoms with Crippen LogP contribution in [0.5, 0.6) is 0 Å². The number of aromatic nitrogens is 1. The Kier molecular flexibility index (Phi) is 5.36. The van der Waals surface area contributed by atoms with E-state index in [1.54, 1.807) is 24.5 Å². The number of hydrogen-bond acceptors (Lipinski definition) is 5. The van der Waals surface area contributed by atoms with Crippen molar-refractivity contribution in [1.29, 1.82) is 0 Å². The molecule has 26 heavy (non-hydrogen) atoms. The summed E-state index contributed by atoms with van der Waals surface area (Å²) in [4.78, 5) is 16.3. The van der Waals surface area contributed by atoms with Crippen molar-refractivity contribution in [3.63, 3.8) is 0 Å². The normalized spacial score (nSPS) is 21.3. The van der Waals surface area contributed by atoms with Gasteiger partial charge in [0.1, 0.15) is 0 Å². The van der Waals surface area contributed by atoms with Crippen molar-refractivity contribution in [2.45, 2.75) is 31.0 Å². The fourth-order valence-electron chi connectivity index (χ4n) is 2.89. The Balaban J connectivity index is 1.75. The molecule has 2 heterocycles. The van der Waals surface area contributed by atoms with Gasteiger partial charge in [-0.1, -0.05) is 0 Å². The van der Waals surface area contributed by atoms with Gasteiger partial charge in [-0.3, -0.25) is 9.78 Å². The molecule has 0 unspecified atom stereocenters. The summed E-state index contributed by atoms with van der Waals surface area (Å²) in [6, 6.07) is 9.30. The summed E-state index contributed by atoms with van der Waals surface area (Å²) in [6.07, 6.45) is 2.85. The number of rotatable bonds is 4. The minimum Gasteiger partial charge on any atom is -0.373 e. The van der Waals surface area contributed by atoms with Gasteiger partial charge < -0.3 is 10.1 Å². The lowest BCUT2D eigenvalue weighted by molar-refractivity contribution is -0.0440. The number of anilines is 1. The number of amides is 1. The van der Waals surface area contributed by atoms with E-state index in [0.29, 0.717) is 24.3 Å². The molecule has 0 saturated carbocycles. The maximum Gasteiger partial charge on any atom is 0.255 e. The van der Waals surface area contributed by atoms with Crippen molar-refractivity contribution in [2.75, 3.05) is 18.4 Å². The largest absolute Gasteiger partial charge is 0.373 e. The van der Waals surface area contributed by atoms with E-state index in [1.165, 1.54) is 28.6 Å². The Morgan fingerprint density at radius 2 is 1.65 bits per heavy atom. The molecule has 0 aliphatic carbocycles. The smallest absolute Gasteiger partial charge is 0.255 e. The van der Waals surface area contributed by atoms with E-state index >= 15 is 0 Å². The molecular formula is C18H21N3O4S. The van der Waals surface area contributed by atoms with Crippen LogP contribution in [0, 0.1) is 0 Å². The molecule has 2 aromatic rings. The van der Waals surface area contributed by atoms with E-state index in [-0.39, 0.29) is 23.0 Å². The molecule has 0 bridgehead atoms. The third kappa shape index (κ3) is 4.09. The second-order valence-corrected chi connectivity index (χ2v) is 8.23. The molecule has 1 saturated heterocycles. The Labute approximate surface area is 153 Å². The number of carbonyl (C=O) groups is 1. The maximum atomic E-state index is 12.8. The molecule has 1 aromatic heterocycles. The first-order valence-corrected chi connectivity index (χ1v) is 9.77. The average Bonchev–Trinajstić information content (AvgIpc) is 2.62. The summed E-state index contributed by atoms with van der Waals surface area (Å²) < 4.78 is 32.6. The van der Waals surface area contributed by atoms with E-state index in [2.05, 4.69) is 10.3 Å². The van der Waals surface area contributed by atoms with Crippen LogP contribution in [0.15, 0.2) is 53.7 Å². The van der Waals surface area contributed by atoms with E-state index in [4.69, 9.17) is 4.74 Å². The highest BCUT2D eigenvalue weighted by Gasteiger charge is 2.32. The maximum absolute atomic E-state index is 12.8. The second-order valence-electron chi connectivity index (χ2n) is 6.29. The molecule has 7 nitrogen and oxygen atoms in total. The lowest BCUT2D eigenvalue weighted by Crippen LogP contribution is -2.48. The third-order valence-corrected chi connectivity index (χ3v) is 5.92. The molecule has 1 fully saturated rings. The minimum absolute atomic E-state index is 0.154. The van der Waals surface area contributed by atoms with Gasteiger partial charge in [0.05, 0.1) is 17.1 Å². The minimum atomic E-state index is -3.62. The number of hydrogen-bond donors (Lipinski definition) is 1. The lowest BCUT2D eigenvalue weighted by atomic mass is 10.2. The fraction of sp³-hybridized carbons (Fsp3) is 0.333. The topological polar surface area (TPSA) is 88.6 Å². The number of carbonyl (C=O) groups excluding carboxylic acids is 1. The van der Waals surface area contributed by atoms with Gasteiger partial charge in [0.2, 0.25) is 10.0 Å². The fourth-order valence-corrected chi connectivity index (χ4v) is 4.48. The molecule has 1 N–H and O–H groups in total. The average molecular weight is 375 g/mol. The van der Waals surface area contributed by atoms with Crippen molar-refractivity contribution in [3.8, 4) is 0 Å². The second kappa shape index (κ2) is 7.53. The number of benzene rings is 1. The zero-order valence-corrected chi connectivity index (χ0v) is 15.4. The van der Waals surface area contributed by atoms with Gasteiger partial charge in [-0.05, 0) is 50.2 Å². The molecule has 1 aliphatic heterocycles. The number of morpholine rings is 1. The third-order valence-electron chi connectivity index (χ3n) is 4.08. The van der Waals surface area contributed by atoms with Crippen molar-refractivity contribution in [1.82, 2.24) is 9.29 Å². The van der Waals surface area contributed by atoms with Crippen molar-refractivity contribution in [3.05, 3.63) is 54.4 Å². The summed E-state index contributed by atoms with van der Waals surface area (Å²) in [7, 11) is -3.62. The highest BCUT2D eigenvalue weighted by molar-refractivity contribution is 7.89. The quantitative estimate of drug-likeness (QED) is 0.884. The van der Waals surface area contributed by atoms with E-state index in [9.17, 15) is 13.2 Å². The lowest BCUT2D eigenvalue weighted by Gasteiger charge is -2.34. The standard InChI is InChI=1S/C18H21N3O4S/c1-13-11-21(12-14(2)25-13)26(23,24)17-5-3-15(4-6-17)18(22)20-16-7-9-19-10-8-16/h3-10,13-14H,11-12H2,1-2H3,(H,19,20,22)/t13-,14-/m1/s1. The van der Waals surface area contributed by atoms with Gasteiger partial charge >= 0.3 is 0 Å². The van der Waals surface area contributed by atoms with Crippen LogP contribution in [0.1, 0.15) is 24.2 Å². The molecule has 1 aliphatic rings. The number of sulfonamides is 1. The Morgan fingerprint density at radius 1 is 1.08 bits per heavy atom. The van der Waals surface area contributed by atoms with Crippen LogP contribution < -0.4 is 5.32 Å². The summed E-state index contributed by atoms with van der Waals surface area (Å²) in [5.41, 5.74) is 1.00. The molecule has 2 atom stereocenters. The number of ether oxygens (including phenoxy) is 1. The highest BCUT2D eigenvalue weighted by atomic mass is 32.2. The summed E-state index contributed by atoms with van der Waals surface area (Å²) in [5, 5.41) is 2.74. The van der Waals surface area contributed by atoms with E-state index in [0.717, 1.165) is 0 Å². The monoisotopic (exact) mass is 375 g/mol. The summed E-state index contributed by atoms with van der Waals surface area (Å²) in [5.74, 6) is -0.311. The zero-order valence-electron chi connectivity index (χ0n) is 14.6. The number of pyridine rings is 1. The van der Waals surface area contributed by atoms with Crippen LogP contribution in [0.3, 0.4) is 0 Å². The Bertz CT molecular complexity index is 859. The molecule has 1 aromatic carbocycles. The SMILES string of the molecule is C[C@@H]1CN(S(=O)(=O)c2ccc(C(=O)Nc3ccncc3)cc2)C[C@@H](C)O1. The number of nitrogens with one attached hydrogen (secondary N) is 1. The Hall–Kier alpha value is -2.29. The van der Waals surface area contributed by atoms with Gasteiger partial charge in [0, 0.05) is 36.7 Å². The molecule has 138 valence electrons. The highest BCUT2D eigenvalue weighted by Crippen LogP contribution is 2.21. The predicted octanol–water partition coefficient (Wildman–Crippen LogP) is 2.13. The van der Waals surface area contributed by atoms with Gasteiger partial charge in [-0.25, -0.2) is 8.42 Å². The predicted molar refractivity (Wildman–Crippen MR) is 97.4 cm³/mol. The van der Waals surface area contributed by atoms with Gasteiger partial charge in [-0.2, -0.15) is 4.31 Å². The van der Waals surface area contributed by atoms with Crippen LogP contribution in [0.2, 0.25) is 0 Å². The van der Waals surface area contributed by atoms with E-state index in [1.807, 2.05) is 13.8 Å². The molecular weight excluding hydrogens is 354 g/mol. The van der Waals surface area contributed by atoms with Crippen molar-refractivity contribution >= 4 is 21.6 Å². The molecule has 8 heteroatoms. The molecule has 0 radical (unpaired) electrons. The first-order chi connectivity index (χ1) is 12.4. The summed E-state index contributed by atoms with van der Waals surface area (Å²) in [6.45, 7) is 4.34. The molecule has 1 amide bonds.